The van der Waals surface area contributed by atoms with Crippen LogP contribution in [0.25, 0.3) is 286 Å². The second-order valence-corrected chi connectivity index (χ2v) is 34.9. The number of hydrogen-bond acceptors (Lipinski definition) is 1. The largest absolute Gasteiger partial charge is 0.415 e. The predicted molar refractivity (Wildman–Crippen MR) is 393 cm³/mol. The van der Waals surface area contributed by atoms with Crippen molar-refractivity contribution in [2.24, 2.45) is 0 Å². The zero-order chi connectivity index (χ0) is 57.2. The van der Waals surface area contributed by atoms with E-state index in [2.05, 4.69) is 142 Å². The van der Waals surface area contributed by atoms with Gasteiger partial charge < -0.3 is 4.43 Å². The molecule has 1 nitrogen and oxygen atoms in total. The Labute approximate surface area is 509 Å². The van der Waals surface area contributed by atoms with E-state index in [4.69, 9.17) is 4.43 Å². The van der Waals surface area contributed by atoms with Crippen molar-refractivity contribution in [2.45, 2.75) is 76.6 Å². The van der Waals surface area contributed by atoms with Crippen molar-refractivity contribution >= 4 is 294 Å². The van der Waals surface area contributed by atoms with E-state index in [1.54, 1.807) is 168 Å². The molecule has 4 aliphatic carbocycles. The normalized spacial score (nSPS) is 19.5. The van der Waals surface area contributed by atoms with Crippen LogP contribution in [-0.4, -0.2) is 14.4 Å². The van der Waals surface area contributed by atoms with E-state index < -0.39 is 8.32 Å². The summed E-state index contributed by atoms with van der Waals surface area (Å²) in [6.45, 7) is 13.5. The Balaban J connectivity index is 0.000000100. The van der Waals surface area contributed by atoms with E-state index in [1.165, 1.54) is 140 Å². The zero-order valence-corrected chi connectivity index (χ0v) is 51.0. The Morgan fingerprint density at radius 3 is 0.933 bits per heavy atom. The van der Waals surface area contributed by atoms with Crippen LogP contribution < -0.4 is 0 Å². The Morgan fingerprint density at radius 2 is 0.600 bits per heavy atom. The van der Waals surface area contributed by atoms with Gasteiger partial charge in [0.25, 0.3) is 0 Å². The second-order valence-electron chi connectivity index (χ2n) is 30.8. The number of benzene rings is 18. The smallest absolute Gasteiger partial charge is 0.188 e. The molecule has 3 unspecified atom stereocenters. The summed E-state index contributed by atoms with van der Waals surface area (Å²) >= 11 is 0. The summed E-state index contributed by atoms with van der Waals surface area (Å²) in [6, 6.07) is 45.8. The van der Waals surface area contributed by atoms with Gasteiger partial charge in [0.1, 0.15) is 0 Å². The van der Waals surface area contributed by atoms with Gasteiger partial charge in [0.05, 0.1) is 0 Å². The zero-order valence-electron chi connectivity index (χ0n) is 50.0. The van der Waals surface area contributed by atoms with Crippen LogP contribution in [0.15, 0.2) is 115 Å². The standard InChI is InChI=1S/C46H28OSi.C40H10.C2H6/c1-16(2)47-48(3,4)15-46-26-14-13-24-23-10-9-20-19-6-5-17-18-7-8-21-22-11-12-25(26)34-33(22)37-30(21)29(18)35-27(17)28(19)36-31(20)32(23)42(44(24)46)41-39(36)38(35)40(37)43(41)45(34)46;1-2-12-14-5-6-16-18-9-10-20-19-8-7-17-15-4-3-13-11(1)21-22(12)32-24(14)26(16)34-29(18)30(20)35-28(19)27(17)33-25(15)23(13)31(21)36-37(32)39(34)40(35)38(33)36;1-2/h5-12,14,16,24,44H,13,15H2,1-4H3;1-10H;1-2H3. The van der Waals surface area contributed by atoms with Gasteiger partial charge in [-0.2, -0.15) is 0 Å². The third-order valence-electron chi connectivity index (χ3n) is 27.4. The van der Waals surface area contributed by atoms with E-state index >= 15 is 0 Å². The lowest BCUT2D eigenvalue weighted by atomic mass is 9.57. The molecule has 0 saturated heterocycles. The highest BCUT2D eigenvalue weighted by molar-refractivity contribution is 6.73. The van der Waals surface area contributed by atoms with E-state index in [0.717, 1.165) is 12.5 Å². The van der Waals surface area contributed by atoms with Crippen LogP contribution in [0.4, 0.5) is 0 Å². The molecule has 28 aromatic rings. The summed E-state index contributed by atoms with van der Waals surface area (Å²) in [7, 11) is -2.11. The molecule has 90 heavy (non-hydrogen) atoms. The number of allylic oxidation sites excluding steroid dienone is 2. The minimum Gasteiger partial charge on any atom is -0.415 e. The highest BCUT2D eigenvalue weighted by atomic mass is 28.4. The topological polar surface area (TPSA) is 9.23 Å². The molecule has 0 amide bonds. The molecule has 406 valence electrons. The quantitative estimate of drug-likeness (QED) is 0.126. The van der Waals surface area contributed by atoms with Crippen molar-refractivity contribution in [1.29, 1.82) is 0 Å². The first-order chi connectivity index (χ1) is 44.3. The molecule has 28 aromatic carbocycles. The summed E-state index contributed by atoms with van der Waals surface area (Å²) in [5.74, 6) is 0.987. The summed E-state index contributed by atoms with van der Waals surface area (Å²) in [5.41, 5.74) is 8.22. The summed E-state index contributed by atoms with van der Waals surface area (Å²) in [5, 5.41) is 79.9. The van der Waals surface area contributed by atoms with Gasteiger partial charge in [0.15, 0.2) is 8.32 Å². The van der Waals surface area contributed by atoms with Crippen LogP contribution in [0, 0.1) is 0 Å². The van der Waals surface area contributed by atoms with E-state index in [9.17, 15) is 0 Å². The van der Waals surface area contributed by atoms with Crippen molar-refractivity contribution < 1.29 is 4.43 Å². The average molecular weight is 1150 g/mol. The molecular formula is C88H44OSi. The molecule has 0 spiro atoms. The van der Waals surface area contributed by atoms with Gasteiger partial charge in [0, 0.05) is 17.4 Å². The van der Waals surface area contributed by atoms with Crippen molar-refractivity contribution in [3.05, 3.63) is 138 Å². The van der Waals surface area contributed by atoms with Crippen molar-refractivity contribution in [3.63, 3.8) is 0 Å². The van der Waals surface area contributed by atoms with Crippen LogP contribution in [0.1, 0.15) is 68.2 Å². The van der Waals surface area contributed by atoms with Gasteiger partial charge in [-0.3, -0.25) is 0 Å². The fourth-order valence-electron chi connectivity index (χ4n) is 26.2. The average Bonchev–Trinajstić information content (AvgIpc) is 1.44. The predicted octanol–water partition coefficient (Wildman–Crippen LogP) is 25.4. The minimum atomic E-state index is -2.11. The SMILES string of the molecule is CC.CC(C)O[Si](C)(C)CC12C3=CCC4c5ccc6c7ccc8c9ccc%10c%11ccc3c3c1c1c%12c(c5c6c5c7c8c6c9c%10c(c3%11)c1c6c%125)C42.c1cc2c3ccc4c5ccc6c7ccc8c9ccc%10c1c1c2c2c3c4c3c5c6c4c7c8c5c9c%10c1c1c2c3c4c51. The van der Waals surface area contributed by atoms with Crippen LogP contribution in [0.2, 0.25) is 19.1 Å². The first-order valence-corrected chi connectivity index (χ1v) is 36.9. The summed E-state index contributed by atoms with van der Waals surface area (Å²) in [6.07, 6.45) is 4.12. The fraction of sp³-hybridized carbons (Fsp3) is 0.136. The molecule has 0 aliphatic heterocycles. The highest BCUT2D eigenvalue weighted by Gasteiger charge is 2.63. The van der Waals surface area contributed by atoms with Gasteiger partial charge >= 0.3 is 0 Å². The molecular weight excluding hydrogens is 1100 g/mol. The third-order valence-corrected chi connectivity index (χ3v) is 30.0. The van der Waals surface area contributed by atoms with E-state index in [1.807, 2.05) is 13.8 Å². The Hall–Kier alpha value is -9.70. The van der Waals surface area contributed by atoms with Gasteiger partial charge in [-0.25, -0.2) is 0 Å². The van der Waals surface area contributed by atoms with Gasteiger partial charge in [-0.05, 0) is 353 Å². The summed E-state index contributed by atoms with van der Waals surface area (Å²) < 4.78 is 7.05. The maximum Gasteiger partial charge on any atom is 0.188 e. The lowest BCUT2D eigenvalue weighted by Crippen LogP contribution is -2.47. The fourth-order valence-corrected chi connectivity index (χ4v) is 29.4. The van der Waals surface area contributed by atoms with Gasteiger partial charge in [-0.15, -0.1) is 0 Å². The van der Waals surface area contributed by atoms with Crippen molar-refractivity contribution in [1.82, 2.24) is 0 Å². The Bertz CT molecular complexity index is 7390. The van der Waals surface area contributed by atoms with Crippen molar-refractivity contribution in [3.8, 4) is 0 Å². The highest BCUT2D eigenvalue weighted by Crippen LogP contribution is 2.78. The maximum absolute atomic E-state index is 7.05. The third kappa shape index (κ3) is 3.29. The minimum absolute atomic E-state index is 0.0469. The Morgan fingerprint density at radius 1 is 0.333 bits per heavy atom. The first kappa shape index (κ1) is 42.3. The lowest BCUT2D eigenvalue weighted by Gasteiger charge is -2.50. The van der Waals surface area contributed by atoms with E-state index in [0.29, 0.717) is 11.8 Å². The number of rotatable bonds is 4. The number of fused-ring (bicyclic) bond motifs is 10. The monoisotopic (exact) mass is 1140 g/mol. The molecule has 0 heterocycles. The lowest BCUT2D eigenvalue weighted by molar-refractivity contribution is 0.225. The van der Waals surface area contributed by atoms with Crippen LogP contribution >= 0.6 is 0 Å². The van der Waals surface area contributed by atoms with Gasteiger partial charge in [0.2, 0.25) is 0 Å². The number of hydrogen-bond donors (Lipinski definition) is 0. The molecule has 0 N–H and O–H groups in total. The molecule has 0 aromatic heterocycles. The van der Waals surface area contributed by atoms with Crippen LogP contribution in [0.3, 0.4) is 0 Å². The molecule has 0 bridgehead atoms. The van der Waals surface area contributed by atoms with Crippen molar-refractivity contribution in [2.75, 3.05) is 0 Å². The molecule has 0 radical (unpaired) electrons. The molecule has 0 fully saturated rings. The van der Waals surface area contributed by atoms with E-state index in [-0.39, 0.29) is 11.5 Å². The molecule has 32 rings (SSSR count). The van der Waals surface area contributed by atoms with Crippen LogP contribution in [-0.2, 0) is 9.84 Å². The molecule has 0 saturated carbocycles. The summed E-state index contributed by atoms with van der Waals surface area (Å²) in [4.78, 5) is 0. The van der Waals surface area contributed by atoms with Gasteiger partial charge in [-0.1, -0.05) is 129 Å². The molecule has 4 aliphatic rings. The molecule has 3 atom stereocenters. The Kier molecular flexibility index (Phi) is 5.47. The second kappa shape index (κ2) is 11.6. The first-order valence-electron chi connectivity index (χ1n) is 33.8. The van der Waals surface area contributed by atoms with Crippen LogP contribution in [0.5, 0.6) is 0 Å². The maximum atomic E-state index is 7.05. The molecule has 2 heteroatoms.